The molecule has 2 aromatic heterocycles. The van der Waals surface area contributed by atoms with Gasteiger partial charge in [0.1, 0.15) is 0 Å². The van der Waals surface area contributed by atoms with Crippen LogP contribution in [-0.4, -0.2) is 56.6 Å². The molecule has 0 spiro atoms. The van der Waals surface area contributed by atoms with Crippen molar-refractivity contribution < 1.29 is 4.79 Å². The summed E-state index contributed by atoms with van der Waals surface area (Å²) in [5, 5.41) is 5.30. The minimum absolute atomic E-state index is 0.00601. The second-order valence-electron chi connectivity index (χ2n) is 7.61. The molecule has 8 heteroatoms. The number of hydrogen-bond donors (Lipinski definition) is 0. The van der Waals surface area contributed by atoms with Gasteiger partial charge in [-0.3, -0.25) is 4.79 Å². The van der Waals surface area contributed by atoms with Crippen molar-refractivity contribution in [3.05, 3.63) is 76.9 Å². The number of aryl methyl sites for hydroxylation is 1. The number of benzene rings is 2. The van der Waals surface area contributed by atoms with Crippen LogP contribution in [0.5, 0.6) is 0 Å². The molecule has 2 aromatic carbocycles. The summed E-state index contributed by atoms with van der Waals surface area (Å²) in [4.78, 5) is 25.7. The summed E-state index contributed by atoms with van der Waals surface area (Å²) in [6.07, 6.45) is 1.76. The van der Waals surface area contributed by atoms with Gasteiger partial charge in [0.05, 0.1) is 5.69 Å². The van der Waals surface area contributed by atoms with Gasteiger partial charge >= 0.3 is 0 Å². The quantitative estimate of drug-likeness (QED) is 0.493. The Labute approximate surface area is 184 Å². The molecule has 3 heterocycles. The van der Waals surface area contributed by atoms with Crippen LogP contribution in [0.1, 0.15) is 15.9 Å². The van der Waals surface area contributed by atoms with Crippen LogP contribution < -0.4 is 4.90 Å². The molecule has 1 aliphatic rings. The first-order valence-corrected chi connectivity index (χ1v) is 10.5. The summed E-state index contributed by atoms with van der Waals surface area (Å²) >= 11 is 6.03. The number of aromatic nitrogens is 4. The first-order valence-electron chi connectivity index (χ1n) is 10.2. The fourth-order valence-electron chi connectivity index (χ4n) is 3.85. The highest BCUT2D eigenvalue weighted by atomic mass is 35.5. The van der Waals surface area contributed by atoms with E-state index < -0.39 is 0 Å². The van der Waals surface area contributed by atoms with Gasteiger partial charge in [-0.05, 0) is 37.3 Å². The molecule has 0 bridgehead atoms. The van der Waals surface area contributed by atoms with Crippen molar-refractivity contribution in [3.63, 3.8) is 0 Å². The number of nitrogens with zero attached hydrogens (tertiary/aromatic N) is 6. The van der Waals surface area contributed by atoms with Crippen LogP contribution in [0.3, 0.4) is 0 Å². The van der Waals surface area contributed by atoms with Crippen molar-refractivity contribution in [3.8, 4) is 11.3 Å². The smallest absolute Gasteiger partial charge is 0.254 e. The van der Waals surface area contributed by atoms with Crippen LogP contribution in [0.15, 0.2) is 60.8 Å². The van der Waals surface area contributed by atoms with Crippen molar-refractivity contribution >= 4 is 29.2 Å². The Balaban J connectivity index is 1.35. The van der Waals surface area contributed by atoms with Crippen molar-refractivity contribution in [2.24, 2.45) is 0 Å². The highest BCUT2D eigenvalue weighted by Crippen LogP contribution is 2.22. The second-order valence-corrected chi connectivity index (χ2v) is 8.05. The van der Waals surface area contributed by atoms with Gasteiger partial charge in [0.15, 0.2) is 0 Å². The van der Waals surface area contributed by atoms with Gasteiger partial charge in [-0.2, -0.15) is 9.50 Å². The molecule has 0 atom stereocenters. The number of halogens is 1. The minimum atomic E-state index is -0.00601. The molecule has 0 aliphatic carbocycles. The Morgan fingerprint density at radius 3 is 2.58 bits per heavy atom. The number of carbonyl (C=O) groups excluding carboxylic acids is 1. The standard InChI is InChI=1S/C23H21ClN6O/c1-16-4-2-5-17(14-16)20-8-9-25-22-26-23(27-30(20)22)29-12-10-28(11-13-29)21(31)18-6-3-7-19(24)15-18/h2-9,14-15H,10-13H2,1H3. The van der Waals surface area contributed by atoms with Crippen LogP contribution in [0.4, 0.5) is 5.95 Å². The van der Waals surface area contributed by atoms with Crippen LogP contribution in [0.2, 0.25) is 5.02 Å². The monoisotopic (exact) mass is 432 g/mol. The molecule has 1 amide bonds. The fourth-order valence-corrected chi connectivity index (χ4v) is 4.04. The molecular weight excluding hydrogens is 412 g/mol. The molecule has 1 aliphatic heterocycles. The molecule has 0 N–H and O–H groups in total. The fraction of sp³-hybridized carbons (Fsp3) is 0.217. The highest BCUT2D eigenvalue weighted by Gasteiger charge is 2.25. The molecule has 0 radical (unpaired) electrons. The second kappa shape index (κ2) is 8.00. The largest absolute Gasteiger partial charge is 0.336 e. The lowest BCUT2D eigenvalue weighted by molar-refractivity contribution is 0.0746. The van der Waals surface area contributed by atoms with Gasteiger partial charge in [0.25, 0.3) is 11.7 Å². The lowest BCUT2D eigenvalue weighted by atomic mass is 10.1. The Morgan fingerprint density at radius 2 is 1.81 bits per heavy atom. The topological polar surface area (TPSA) is 66.6 Å². The first-order chi connectivity index (χ1) is 15.1. The van der Waals surface area contributed by atoms with Gasteiger partial charge in [0.2, 0.25) is 5.95 Å². The van der Waals surface area contributed by atoms with E-state index in [0.717, 1.165) is 11.3 Å². The van der Waals surface area contributed by atoms with Crippen molar-refractivity contribution in [2.75, 3.05) is 31.1 Å². The summed E-state index contributed by atoms with van der Waals surface area (Å²) < 4.78 is 1.79. The molecule has 5 rings (SSSR count). The zero-order valence-corrected chi connectivity index (χ0v) is 17.8. The van der Waals surface area contributed by atoms with E-state index in [2.05, 4.69) is 40.0 Å². The number of rotatable bonds is 3. The van der Waals surface area contributed by atoms with Crippen LogP contribution >= 0.6 is 11.6 Å². The maximum absolute atomic E-state index is 12.8. The molecule has 0 saturated carbocycles. The average Bonchev–Trinajstić information content (AvgIpc) is 3.23. The van der Waals surface area contributed by atoms with Crippen molar-refractivity contribution in [2.45, 2.75) is 6.92 Å². The summed E-state index contributed by atoms with van der Waals surface area (Å²) in [7, 11) is 0. The lowest BCUT2D eigenvalue weighted by Crippen LogP contribution is -2.49. The predicted octanol–water partition coefficient (Wildman–Crippen LogP) is 3.72. The van der Waals surface area contributed by atoms with Gasteiger partial charge < -0.3 is 9.80 Å². The maximum atomic E-state index is 12.8. The van der Waals surface area contributed by atoms with Gasteiger partial charge in [-0.1, -0.05) is 41.4 Å². The Bertz CT molecular complexity index is 1260. The lowest BCUT2D eigenvalue weighted by Gasteiger charge is -2.34. The number of amides is 1. The Kier molecular flexibility index (Phi) is 5.03. The van der Waals surface area contributed by atoms with E-state index in [9.17, 15) is 4.79 Å². The van der Waals surface area contributed by atoms with Gasteiger partial charge in [0, 0.05) is 48.5 Å². The first kappa shape index (κ1) is 19.5. The summed E-state index contributed by atoms with van der Waals surface area (Å²) in [6, 6.07) is 17.3. The number of anilines is 1. The van der Waals surface area contributed by atoms with E-state index in [0.29, 0.717) is 48.5 Å². The van der Waals surface area contributed by atoms with Crippen LogP contribution in [-0.2, 0) is 0 Å². The average molecular weight is 433 g/mol. The molecule has 1 fully saturated rings. The van der Waals surface area contributed by atoms with E-state index in [1.165, 1.54) is 5.56 Å². The highest BCUT2D eigenvalue weighted by molar-refractivity contribution is 6.30. The molecule has 1 saturated heterocycles. The third kappa shape index (κ3) is 3.84. The molecule has 7 nitrogen and oxygen atoms in total. The number of piperazine rings is 1. The zero-order chi connectivity index (χ0) is 21.4. The number of fused-ring (bicyclic) bond motifs is 1. The van der Waals surface area contributed by atoms with Crippen LogP contribution in [0.25, 0.3) is 17.0 Å². The van der Waals surface area contributed by atoms with E-state index in [4.69, 9.17) is 16.7 Å². The van der Waals surface area contributed by atoms with Crippen LogP contribution in [0, 0.1) is 6.92 Å². The minimum Gasteiger partial charge on any atom is -0.336 e. The number of hydrogen-bond acceptors (Lipinski definition) is 5. The van der Waals surface area contributed by atoms with Crippen molar-refractivity contribution in [1.29, 1.82) is 0 Å². The summed E-state index contributed by atoms with van der Waals surface area (Å²) in [5.74, 6) is 1.18. The molecule has 0 unspecified atom stereocenters. The number of carbonyl (C=O) groups is 1. The molecule has 31 heavy (non-hydrogen) atoms. The Hall–Kier alpha value is -3.45. The van der Waals surface area contributed by atoms with Gasteiger partial charge in [-0.15, -0.1) is 5.10 Å². The molecular formula is C23H21ClN6O. The molecule has 4 aromatic rings. The van der Waals surface area contributed by atoms with E-state index in [-0.39, 0.29) is 5.91 Å². The van der Waals surface area contributed by atoms with E-state index in [1.54, 1.807) is 35.0 Å². The Morgan fingerprint density at radius 1 is 1.00 bits per heavy atom. The van der Waals surface area contributed by atoms with Crippen molar-refractivity contribution in [1.82, 2.24) is 24.5 Å². The normalized spacial score (nSPS) is 14.3. The zero-order valence-electron chi connectivity index (χ0n) is 17.1. The SMILES string of the molecule is Cc1cccc(-c2ccnc3nc(N4CCN(C(=O)c5cccc(Cl)c5)CC4)nn23)c1. The summed E-state index contributed by atoms with van der Waals surface area (Å²) in [5.41, 5.74) is 3.81. The third-order valence-corrected chi connectivity index (χ3v) is 5.70. The molecule has 156 valence electrons. The predicted molar refractivity (Wildman–Crippen MR) is 121 cm³/mol. The summed E-state index contributed by atoms with van der Waals surface area (Å²) in [6.45, 7) is 4.57. The van der Waals surface area contributed by atoms with E-state index in [1.807, 2.05) is 17.0 Å². The van der Waals surface area contributed by atoms with E-state index >= 15 is 0 Å². The third-order valence-electron chi connectivity index (χ3n) is 5.46. The van der Waals surface area contributed by atoms with Gasteiger partial charge in [-0.25, -0.2) is 4.98 Å². The maximum Gasteiger partial charge on any atom is 0.254 e.